The summed E-state index contributed by atoms with van der Waals surface area (Å²) in [6, 6.07) is 10.4. The predicted molar refractivity (Wildman–Crippen MR) is 78.7 cm³/mol. The minimum Gasteiger partial charge on any atom is -0.194 e. The maximum absolute atomic E-state index is 4.14. The largest absolute Gasteiger partial charge is 0.194 e. The van der Waals surface area contributed by atoms with Gasteiger partial charge < -0.3 is 0 Å². The number of rotatable bonds is 9. The van der Waals surface area contributed by atoms with Gasteiger partial charge in [0.15, 0.2) is 0 Å². The van der Waals surface area contributed by atoms with E-state index in [4.69, 9.17) is 0 Å². The Balaban J connectivity index is 2.01. The van der Waals surface area contributed by atoms with Crippen molar-refractivity contribution in [2.45, 2.75) is 25.7 Å². The maximum Gasteiger partial charge on any atom is 0.0601 e. The van der Waals surface area contributed by atoms with Gasteiger partial charge in [-0.3, -0.25) is 0 Å². The third-order valence-corrected chi connectivity index (χ3v) is 2.51. The van der Waals surface area contributed by atoms with E-state index in [9.17, 15) is 0 Å². The summed E-state index contributed by atoms with van der Waals surface area (Å²) in [5, 5.41) is 8.26. The Morgan fingerprint density at radius 1 is 0.944 bits per heavy atom. The van der Waals surface area contributed by atoms with Crippen molar-refractivity contribution in [3.8, 4) is 0 Å². The Hall–Kier alpha value is -1.70. The van der Waals surface area contributed by atoms with Crippen molar-refractivity contribution < 1.29 is 0 Å². The fourth-order valence-electron chi connectivity index (χ4n) is 1.51. The lowest BCUT2D eigenvalue weighted by Gasteiger charge is -1.93. The van der Waals surface area contributed by atoms with E-state index >= 15 is 0 Å². The molecule has 0 fully saturated rings. The van der Waals surface area contributed by atoms with Crippen molar-refractivity contribution in [3.63, 3.8) is 0 Å². The topological polar surface area (TPSA) is 24.7 Å². The molecule has 0 spiro atoms. The second kappa shape index (κ2) is 10.5. The normalized spacial score (nSPS) is 11.3. The van der Waals surface area contributed by atoms with E-state index < -0.39 is 0 Å². The highest BCUT2D eigenvalue weighted by atomic mass is 15.1. The van der Waals surface area contributed by atoms with E-state index in [-0.39, 0.29) is 0 Å². The van der Waals surface area contributed by atoms with Crippen molar-refractivity contribution in [1.82, 2.24) is 0 Å². The summed E-state index contributed by atoms with van der Waals surface area (Å²) < 4.78 is 0. The molecule has 96 valence electrons. The summed E-state index contributed by atoms with van der Waals surface area (Å²) in [5.74, 6) is 0. The molecule has 0 saturated heterocycles. The second-order valence-electron chi connectivity index (χ2n) is 4.12. The van der Waals surface area contributed by atoms with Gasteiger partial charge in [0.1, 0.15) is 0 Å². The van der Waals surface area contributed by atoms with Crippen LogP contribution in [0.2, 0.25) is 0 Å². The zero-order valence-electron chi connectivity index (χ0n) is 11.0. The summed E-state index contributed by atoms with van der Waals surface area (Å²) in [5.41, 5.74) is 1.25. The van der Waals surface area contributed by atoms with Crippen molar-refractivity contribution in [1.29, 1.82) is 0 Å². The van der Waals surface area contributed by atoms with Gasteiger partial charge in [0.25, 0.3) is 0 Å². The monoisotopic (exact) mass is 242 g/mol. The SMILES string of the molecule is C=CCCCN=NCCCC=Cc1ccccc1. The molecule has 0 unspecified atom stereocenters. The number of nitrogens with zero attached hydrogens (tertiary/aromatic N) is 2. The van der Waals surface area contributed by atoms with Gasteiger partial charge in [0.05, 0.1) is 13.1 Å². The lowest BCUT2D eigenvalue weighted by Crippen LogP contribution is -1.81. The fourth-order valence-corrected chi connectivity index (χ4v) is 1.51. The molecule has 0 aliphatic heterocycles. The third-order valence-electron chi connectivity index (χ3n) is 2.51. The van der Waals surface area contributed by atoms with Crippen molar-refractivity contribution in [2.75, 3.05) is 13.1 Å². The van der Waals surface area contributed by atoms with Gasteiger partial charge in [-0.25, -0.2) is 0 Å². The summed E-state index contributed by atoms with van der Waals surface area (Å²) in [6.07, 6.45) is 10.5. The molecule has 1 rings (SSSR count). The Morgan fingerprint density at radius 3 is 2.28 bits per heavy atom. The molecule has 0 atom stereocenters. The van der Waals surface area contributed by atoms with Crippen LogP contribution in [0.5, 0.6) is 0 Å². The molecule has 1 aromatic rings. The average Bonchev–Trinajstić information content (AvgIpc) is 2.42. The van der Waals surface area contributed by atoms with Crippen LogP contribution in [0.3, 0.4) is 0 Å². The van der Waals surface area contributed by atoms with E-state index in [1.54, 1.807) is 0 Å². The maximum atomic E-state index is 4.14. The van der Waals surface area contributed by atoms with E-state index in [1.165, 1.54) is 5.56 Å². The smallest absolute Gasteiger partial charge is 0.0601 e. The van der Waals surface area contributed by atoms with Gasteiger partial charge in [-0.2, -0.15) is 10.2 Å². The Morgan fingerprint density at radius 2 is 1.61 bits per heavy atom. The predicted octanol–water partition coefficient (Wildman–Crippen LogP) is 4.90. The molecule has 1 aromatic carbocycles. The molecule has 0 N–H and O–H groups in total. The minimum absolute atomic E-state index is 0.825. The third kappa shape index (κ3) is 7.55. The molecular weight excluding hydrogens is 220 g/mol. The molecule has 0 aromatic heterocycles. The van der Waals surface area contributed by atoms with Crippen LogP contribution in [-0.2, 0) is 0 Å². The van der Waals surface area contributed by atoms with E-state index in [2.05, 4.69) is 53.2 Å². The van der Waals surface area contributed by atoms with Crippen LogP contribution < -0.4 is 0 Å². The Kier molecular flexibility index (Phi) is 8.34. The second-order valence-corrected chi connectivity index (χ2v) is 4.12. The van der Waals surface area contributed by atoms with Crippen LogP contribution in [-0.4, -0.2) is 13.1 Å². The quantitative estimate of drug-likeness (QED) is 0.334. The number of allylic oxidation sites excluding steroid dienone is 2. The number of benzene rings is 1. The summed E-state index contributed by atoms with van der Waals surface area (Å²) >= 11 is 0. The van der Waals surface area contributed by atoms with Crippen LogP contribution in [0, 0.1) is 0 Å². The highest BCUT2D eigenvalue weighted by molar-refractivity contribution is 5.48. The highest BCUT2D eigenvalue weighted by Crippen LogP contribution is 2.03. The van der Waals surface area contributed by atoms with Crippen LogP contribution in [0.1, 0.15) is 31.2 Å². The first-order chi connectivity index (χ1) is 8.93. The molecular formula is C16H22N2. The van der Waals surface area contributed by atoms with Gasteiger partial charge in [-0.1, -0.05) is 48.6 Å². The molecule has 0 amide bonds. The molecule has 0 saturated carbocycles. The van der Waals surface area contributed by atoms with Gasteiger partial charge in [0, 0.05) is 0 Å². The van der Waals surface area contributed by atoms with Gasteiger partial charge in [-0.15, -0.1) is 6.58 Å². The zero-order valence-corrected chi connectivity index (χ0v) is 11.0. The van der Waals surface area contributed by atoms with Gasteiger partial charge >= 0.3 is 0 Å². The number of azo groups is 1. The van der Waals surface area contributed by atoms with E-state index in [0.717, 1.165) is 38.8 Å². The Bertz CT molecular complexity index is 366. The average molecular weight is 242 g/mol. The molecule has 2 heteroatoms. The first-order valence-electron chi connectivity index (χ1n) is 6.59. The first-order valence-corrected chi connectivity index (χ1v) is 6.59. The number of hydrogen-bond acceptors (Lipinski definition) is 2. The summed E-state index contributed by atoms with van der Waals surface area (Å²) in [4.78, 5) is 0. The number of unbranched alkanes of at least 4 members (excludes halogenated alkanes) is 2. The van der Waals surface area contributed by atoms with Crippen molar-refractivity contribution >= 4 is 6.08 Å². The molecule has 0 radical (unpaired) electrons. The van der Waals surface area contributed by atoms with Crippen molar-refractivity contribution in [2.24, 2.45) is 10.2 Å². The van der Waals surface area contributed by atoms with E-state index in [0.29, 0.717) is 0 Å². The first kappa shape index (κ1) is 14.4. The van der Waals surface area contributed by atoms with Crippen LogP contribution in [0.25, 0.3) is 6.08 Å². The lowest BCUT2D eigenvalue weighted by molar-refractivity contribution is 0.749. The van der Waals surface area contributed by atoms with Crippen LogP contribution in [0.15, 0.2) is 59.3 Å². The summed E-state index contributed by atoms with van der Waals surface area (Å²) in [6.45, 7) is 5.33. The molecule has 0 aliphatic carbocycles. The van der Waals surface area contributed by atoms with Crippen LogP contribution >= 0.6 is 0 Å². The van der Waals surface area contributed by atoms with Gasteiger partial charge in [-0.05, 0) is 31.2 Å². The van der Waals surface area contributed by atoms with E-state index in [1.807, 2.05) is 12.1 Å². The molecule has 0 heterocycles. The van der Waals surface area contributed by atoms with Gasteiger partial charge in [0.2, 0.25) is 0 Å². The number of hydrogen-bond donors (Lipinski definition) is 0. The summed E-state index contributed by atoms with van der Waals surface area (Å²) in [7, 11) is 0. The molecule has 2 nitrogen and oxygen atoms in total. The molecule has 0 bridgehead atoms. The van der Waals surface area contributed by atoms with Crippen molar-refractivity contribution in [3.05, 3.63) is 54.6 Å². The minimum atomic E-state index is 0.825. The Labute approximate surface area is 110 Å². The fraction of sp³-hybridized carbons (Fsp3) is 0.375. The standard InChI is InChI=1S/C16H22N2/c1-2-3-9-14-17-18-15-10-5-8-13-16-11-6-4-7-12-16/h2,4,6-8,11-13H,1,3,5,9-10,14-15H2. The zero-order chi connectivity index (χ0) is 12.9. The van der Waals surface area contributed by atoms with Crippen LogP contribution in [0.4, 0.5) is 0 Å². The molecule has 0 aliphatic rings. The lowest BCUT2D eigenvalue weighted by atomic mass is 10.2. The molecule has 18 heavy (non-hydrogen) atoms. The highest BCUT2D eigenvalue weighted by Gasteiger charge is 1.85.